The van der Waals surface area contributed by atoms with Gasteiger partial charge in [0.1, 0.15) is 11.5 Å². The highest BCUT2D eigenvalue weighted by Gasteiger charge is 2.11. The minimum absolute atomic E-state index is 0.196. The van der Waals surface area contributed by atoms with E-state index in [0.29, 0.717) is 13.2 Å². The van der Waals surface area contributed by atoms with E-state index in [9.17, 15) is 4.79 Å². The summed E-state index contributed by atoms with van der Waals surface area (Å²) < 4.78 is 17.6. The maximum atomic E-state index is 12.0. The van der Waals surface area contributed by atoms with Gasteiger partial charge in [0, 0.05) is 12.6 Å². The standard InChI is InChI=1S/C48H85NO4/c1-5-8-10-12-14-16-18-20-22-24-26-28-30-32-34-36-38-52-46-40-45(43-49(4)44-48(50)51-7-3)41-47(42-46)53-39-37-35-33-31-29-27-25-23-21-19-17-15-13-11-9-6-2/h20-23,40-42H,5-19,24-39,43-44H2,1-4H3/b22-20-,23-21-. The largest absolute Gasteiger partial charge is 0.493 e. The molecule has 0 radical (unpaired) electrons. The molecular formula is C48H85NO4. The molecule has 0 aromatic heterocycles. The Kier molecular flexibility index (Phi) is 35.0. The predicted molar refractivity (Wildman–Crippen MR) is 229 cm³/mol. The van der Waals surface area contributed by atoms with Crippen molar-refractivity contribution in [2.75, 3.05) is 33.4 Å². The van der Waals surface area contributed by atoms with E-state index in [1.54, 1.807) is 0 Å². The van der Waals surface area contributed by atoms with Crippen LogP contribution in [0.15, 0.2) is 42.5 Å². The number of esters is 1. The van der Waals surface area contributed by atoms with Crippen LogP contribution in [0, 0.1) is 0 Å². The van der Waals surface area contributed by atoms with Crippen LogP contribution in [0.1, 0.15) is 206 Å². The van der Waals surface area contributed by atoms with Crippen LogP contribution in [0.25, 0.3) is 0 Å². The van der Waals surface area contributed by atoms with Gasteiger partial charge in [-0.1, -0.05) is 154 Å². The summed E-state index contributed by atoms with van der Waals surface area (Å²) in [6.07, 6.45) is 46.1. The third kappa shape index (κ3) is 32.8. The van der Waals surface area contributed by atoms with Gasteiger partial charge in [-0.15, -0.1) is 0 Å². The maximum absolute atomic E-state index is 12.0. The summed E-state index contributed by atoms with van der Waals surface area (Å²) in [5.74, 6) is 1.52. The van der Waals surface area contributed by atoms with Crippen LogP contribution in [0.4, 0.5) is 0 Å². The molecule has 0 saturated carbocycles. The predicted octanol–water partition coefficient (Wildman–Crippen LogP) is 14.5. The van der Waals surface area contributed by atoms with Crippen LogP contribution in [-0.2, 0) is 16.1 Å². The molecule has 1 rings (SSSR count). The summed E-state index contributed by atoms with van der Waals surface area (Å²) in [5, 5.41) is 0. The molecule has 0 heterocycles. The first kappa shape index (κ1) is 48.7. The lowest BCUT2D eigenvalue weighted by molar-refractivity contribution is -0.144. The van der Waals surface area contributed by atoms with E-state index in [-0.39, 0.29) is 12.5 Å². The summed E-state index contributed by atoms with van der Waals surface area (Å²) in [5.41, 5.74) is 1.09. The number of hydrogen-bond acceptors (Lipinski definition) is 5. The molecule has 0 bridgehead atoms. The van der Waals surface area contributed by atoms with E-state index in [0.717, 1.165) is 43.1 Å². The number of hydrogen-bond donors (Lipinski definition) is 0. The molecule has 0 amide bonds. The van der Waals surface area contributed by atoms with Gasteiger partial charge < -0.3 is 14.2 Å². The van der Waals surface area contributed by atoms with Crippen molar-refractivity contribution < 1.29 is 19.0 Å². The highest BCUT2D eigenvalue weighted by Crippen LogP contribution is 2.25. The Labute approximate surface area is 329 Å². The second-order valence-corrected chi connectivity index (χ2v) is 15.4. The minimum atomic E-state index is -0.196. The number of carbonyl (C=O) groups excluding carboxylic acids is 1. The number of likely N-dealkylation sites (N-methyl/N-ethyl adjacent to an activating group) is 1. The van der Waals surface area contributed by atoms with E-state index in [1.807, 2.05) is 24.9 Å². The van der Waals surface area contributed by atoms with Crippen molar-refractivity contribution in [3.8, 4) is 11.5 Å². The smallest absolute Gasteiger partial charge is 0.320 e. The minimum Gasteiger partial charge on any atom is -0.493 e. The van der Waals surface area contributed by atoms with Crippen LogP contribution in [0.5, 0.6) is 11.5 Å². The molecule has 5 nitrogen and oxygen atoms in total. The Hall–Kier alpha value is -2.27. The zero-order chi connectivity index (χ0) is 38.3. The highest BCUT2D eigenvalue weighted by atomic mass is 16.5. The maximum Gasteiger partial charge on any atom is 0.320 e. The zero-order valence-corrected chi connectivity index (χ0v) is 35.5. The first-order valence-electron chi connectivity index (χ1n) is 22.6. The summed E-state index contributed by atoms with van der Waals surface area (Å²) >= 11 is 0. The molecule has 0 N–H and O–H groups in total. The number of benzene rings is 1. The molecule has 1 aromatic carbocycles. The van der Waals surface area contributed by atoms with Gasteiger partial charge in [0.2, 0.25) is 0 Å². The quantitative estimate of drug-likeness (QED) is 0.0382. The van der Waals surface area contributed by atoms with Gasteiger partial charge in [-0.3, -0.25) is 9.69 Å². The Balaban J connectivity index is 2.29. The van der Waals surface area contributed by atoms with Crippen molar-refractivity contribution in [2.45, 2.75) is 207 Å². The Bertz CT molecular complexity index is 943. The molecule has 0 atom stereocenters. The fraction of sp³-hybridized carbons (Fsp3) is 0.771. The Morgan fingerprint density at radius 1 is 0.509 bits per heavy atom. The zero-order valence-electron chi connectivity index (χ0n) is 35.5. The third-order valence-electron chi connectivity index (χ3n) is 9.95. The van der Waals surface area contributed by atoms with Crippen LogP contribution in [0.3, 0.4) is 0 Å². The van der Waals surface area contributed by atoms with Gasteiger partial charge in [0.05, 0.1) is 26.4 Å². The van der Waals surface area contributed by atoms with Gasteiger partial charge in [0.25, 0.3) is 0 Å². The van der Waals surface area contributed by atoms with E-state index in [2.05, 4.69) is 50.3 Å². The van der Waals surface area contributed by atoms with E-state index < -0.39 is 0 Å². The van der Waals surface area contributed by atoms with Crippen molar-refractivity contribution in [3.05, 3.63) is 48.1 Å². The molecule has 53 heavy (non-hydrogen) atoms. The van der Waals surface area contributed by atoms with Gasteiger partial charge in [-0.25, -0.2) is 0 Å². The van der Waals surface area contributed by atoms with Crippen LogP contribution < -0.4 is 9.47 Å². The lowest BCUT2D eigenvalue weighted by Crippen LogP contribution is -2.27. The highest BCUT2D eigenvalue weighted by molar-refractivity contribution is 5.71. The molecule has 5 heteroatoms. The fourth-order valence-corrected chi connectivity index (χ4v) is 6.76. The second kappa shape index (κ2) is 38.0. The molecule has 0 fully saturated rings. The third-order valence-corrected chi connectivity index (χ3v) is 9.95. The number of rotatable bonds is 39. The van der Waals surface area contributed by atoms with Crippen molar-refractivity contribution >= 4 is 5.97 Å². The molecule has 0 unspecified atom stereocenters. The van der Waals surface area contributed by atoms with Crippen LogP contribution in [-0.4, -0.2) is 44.3 Å². The monoisotopic (exact) mass is 740 g/mol. The van der Waals surface area contributed by atoms with Gasteiger partial charge in [-0.2, -0.15) is 0 Å². The number of unbranched alkanes of at least 4 members (excludes halogenated alkanes) is 24. The molecule has 0 saturated heterocycles. The first-order valence-corrected chi connectivity index (χ1v) is 22.6. The molecular weight excluding hydrogens is 655 g/mol. The average Bonchev–Trinajstić information content (AvgIpc) is 3.14. The average molecular weight is 740 g/mol. The van der Waals surface area contributed by atoms with E-state index in [4.69, 9.17) is 14.2 Å². The Morgan fingerprint density at radius 2 is 0.868 bits per heavy atom. The summed E-state index contributed by atoms with van der Waals surface area (Å²) in [6, 6.07) is 6.23. The van der Waals surface area contributed by atoms with E-state index >= 15 is 0 Å². The van der Waals surface area contributed by atoms with Crippen molar-refractivity contribution in [2.24, 2.45) is 0 Å². The SMILES string of the molecule is CCCCCCCC/C=C\CCCCCCCCOc1cc(CN(C)CC(=O)OCC)cc(OCCCCCCCC/C=C\CCCCCCCC)c1. The topological polar surface area (TPSA) is 48.0 Å². The fourth-order valence-electron chi connectivity index (χ4n) is 6.76. The molecule has 1 aromatic rings. The molecule has 0 aliphatic carbocycles. The molecule has 306 valence electrons. The lowest BCUT2D eigenvalue weighted by Gasteiger charge is -2.18. The Morgan fingerprint density at radius 3 is 1.25 bits per heavy atom. The first-order chi connectivity index (χ1) is 26.1. The van der Waals surface area contributed by atoms with Gasteiger partial charge >= 0.3 is 5.97 Å². The lowest BCUT2D eigenvalue weighted by atomic mass is 10.1. The number of nitrogens with zero attached hydrogens (tertiary/aromatic N) is 1. The number of ether oxygens (including phenoxy) is 3. The van der Waals surface area contributed by atoms with Gasteiger partial charge in [0.15, 0.2) is 0 Å². The molecule has 0 spiro atoms. The number of carbonyl (C=O) groups is 1. The van der Waals surface area contributed by atoms with Crippen LogP contribution >= 0.6 is 0 Å². The normalized spacial score (nSPS) is 11.7. The summed E-state index contributed by atoms with van der Waals surface area (Å²) in [4.78, 5) is 14.0. The number of allylic oxidation sites excluding steroid dienone is 4. The molecule has 0 aliphatic heterocycles. The summed E-state index contributed by atoms with van der Waals surface area (Å²) in [6.45, 7) is 9.15. The van der Waals surface area contributed by atoms with Crippen molar-refractivity contribution in [3.63, 3.8) is 0 Å². The van der Waals surface area contributed by atoms with E-state index in [1.165, 1.54) is 167 Å². The van der Waals surface area contributed by atoms with Crippen molar-refractivity contribution in [1.82, 2.24) is 4.90 Å². The van der Waals surface area contributed by atoms with Crippen LogP contribution in [0.2, 0.25) is 0 Å². The van der Waals surface area contributed by atoms with Crippen molar-refractivity contribution in [1.29, 1.82) is 0 Å². The summed E-state index contributed by atoms with van der Waals surface area (Å²) in [7, 11) is 1.95. The second-order valence-electron chi connectivity index (χ2n) is 15.4. The van der Waals surface area contributed by atoms with Gasteiger partial charge in [-0.05, 0) is 95.9 Å². The molecule has 0 aliphatic rings.